The fraction of sp³-hybridized carbons (Fsp3) is 0.769. The monoisotopic (exact) mass is 303 g/mol. The molecule has 1 unspecified atom stereocenters. The Labute approximate surface area is 124 Å². The minimum Gasteiger partial charge on any atom is -0.480 e. The van der Waals surface area contributed by atoms with Gasteiger partial charge in [-0.15, -0.1) is 0 Å². The lowest BCUT2D eigenvalue weighted by Crippen LogP contribution is -2.56. The van der Waals surface area contributed by atoms with E-state index in [9.17, 15) is 19.5 Å². The summed E-state index contributed by atoms with van der Waals surface area (Å²) in [6, 6.07) is -0.602. The van der Waals surface area contributed by atoms with Crippen LogP contribution in [-0.4, -0.2) is 67.3 Å². The van der Waals surface area contributed by atoms with Crippen LogP contribution in [0.15, 0.2) is 0 Å². The van der Waals surface area contributed by atoms with Gasteiger partial charge in [-0.05, 0) is 13.3 Å². The van der Waals surface area contributed by atoms with Crippen molar-refractivity contribution < 1.29 is 24.2 Å². The minimum absolute atomic E-state index is 0.155. The molecule has 0 spiro atoms. The van der Waals surface area contributed by atoms with Gasteiger partial charge in [-0.2, -0.15) is 0 Å². The highest BCUT2D eigenvalue weighted by atomic mass is 16.5. The second kappa shape index (κ2) is 9.17. The Morgan fingerprint density at radius 1 is 1.33 bits per heavy atom. The number of urea groups is 1. The van der Waals surface area contributed by atoms with Crippen LogP contribution in [0.25, 0.3) is 0 Å². The molecule has 0 aromatic carbocycles. The van der Waals surface area contributed by atoms with Gasteiger partial charge in [0.15, 0.2) is 0 Å². The van der Waals surface area contributed by atoms with Crippen LogP contribution in [0.4, 0.5) is 4.79 Å². The molecule has 0 saturated heterocycles. The molecule has 122 valence electrons. The molecule has 3 amide bonds. The lowest BCUT2D eigenvalue weighted by atomic mass is 9.96. The van der Waals surface area contributed by atoms with Crippen LogP contribution >= 0.6 is 0 Å². The van der Waals surface area contributed by atoms with Crippen molar-refractivity contribution in [2.24, 2.45) is 0 Å². The number of hydrogen-bond acceptors (Lipinski definition) is 4. The third-order valence-electron chi connectivity index (χ3n) is 2.96. The molecule has 0 aliphatic carbocycles. The minimum atomic E-state index is -1.34. The first-order valence-electron chi connectivity index (χ1n) is 6.79. The lowest BCUT2D eigenvalue weighted by molar-refractivity contribution is -0.144. The SMILES string of the molecule is CCCC(C)(NC(=O)N(C)CC(=O)NCCOC)C(=O)O. The number of carbonyl (C=O) groups excluding carboxylic acids is 2. The zero-order valence-electron chi connectivity index (χ0n) is 13.1. The van der Waals surface area contributed by atoms with Gasteiger partial charge in [0.05, 0.1) is 6.61 Å². The van der Waals surface area contributed by atoms with Gasteiger partial charge in [0.2, 0.25) is 5.91 Å². The molecule has 0 aliphatic rings. The van der Waals surface area contributed by atoms with E-state index in [1.165, 1.54) is 21.1 Å². The summed E-state index contributed by atoms with van der Waals surface area (Å²) in [4.78, 5) is 35.9. The summed E-state index contributed by atoms with van der Waals surface area (Å²) in [5, 5.41) is 14.2. The zero-order chi connectivity index (χ0) is 16.5. The number of carboxylic acids is 1. The van der Waals surface area contributed by atoms with Crippen LogP contribution in [0.3, 0.4) is 0 Å². The van der Waals surface area contributed by atoms with E-state index in [0.29, 0.717) is 26.0 Å². The highest BCUT2D eigenvalue weighted by Gasteiger charge is 2.34. The first-order chi connectivity index (χ1) is 9.76. The fourth-order valence-corrected chi connectivity index (χ4v) is 1.69. The number of methoxy groups -OCH3 is 1. The van der Waals surface area contributed by atoms with Crippen molar-refractivity contribution in [1.29, 1.82) is 0 Å². The van der Waals surface area contributed by atoms with Gasteiger partial charge in [-0.25, -0.2) is 9.59 Å². The molecule has 8 heteroatoms. The number of hydrogen-bond donors (Lipinski definition) is 3. The summed E-state index contributed by atoms with van der Waals surface area (Å²) in [5.41, 5.74) is -1.34. The first kappa shape index (κ1) is 19.2. The maximum absolute atomic E-state index is 12.0. The molecule has 3 N–H and O–H groups in total. The molecule has 0 radical (unpaired) electrons. The number of likely N-dealkylation sites (N-methyl/N-ethyl adjacent to an activating group) is 1. The Morgan fingerprint density at radius 2 is 1.95 bits per heavy atom. The van der Waals surface area contributed by atoms with E-state index in [1.807, 2.05) is 6.92 Å². The molecular weight excluding hydrogens is 278 g/mol. The molecule has 8 nitrogen and oxygen atoms in total. The van der Waals surface area contributed by atoms with Gasteiger partial charge in [0.25, 0.3) is 0 Å². The van der Waals surface area contributed by atoms with Crippen molar-refractivity contribution in [1.82, 2.24) is 15.5 Å². The number of carboxylic acid groups (broad SMARTS) is 1. The number of rotatable bonds is 9. The van der Waals surface area contributed by atoms with Crippen molar-refractivity contribution in [2.75, 3.05) is 33.9 Å². The molecule has 0 aromatic rings. The van der Waals surface area contributed by atoms with E-state index in [0.717, 1.165) is 4.90 Å². The third-order valence-corrected chi connectivity index (χ3v) is 2.96. The van der Waals surface area contributed by atoms with Crippen LogP contribution in [0, 0.1) is 0 Å². The van der Waals surface area contributed by atoms with Gasteiger partial charge in [0, 0.05) is 20.7 Å². The molecule has 21 heavy (non-hydrogen) atoms. The van der Waals surface area contributed by atoms with Crippen molar-refractivity contribution in [3.63, 3.8) is 0 Å². The van der Waals surface area contributed by atoms with Gasteiger partial charge in [-0.3, -0.25) is 4.79 Å². The van der Waals surface area contributed by atoms with E-state index in [4.69, 9.17) is 4.74 Å². The maximum Gasteiger partial charge on any atom is 0.329 e. The maximum atomic E-state index is 12.0. The smallest absolute Gasteiger partial charge is 0.329 e. The topological polar surface area (TPSA) is 108 Å². The van der Waals surface area contributed by atoms with Crippen molar-refractivity contribution in [3.8, 4) is 0 Å². The standard InChI is InChI=1S/C13H25N3O5/c1-5-6-13(2,11(18)19)15-12(20)16(3)9-10(17)14-7-8-21-4/h5-9H2,1-4H3,(H,14,17)(H,15,20)(H,18,19). The molecule has 0 saturated carbocycles. The van der Waals surface area contributed by atoms with Crippen molar-refractivity contribution in [3.05, 3.63) is 0 Å². The molecule has 0 heterocycles. The fourth-order valence-electron chi connectivity index (χ4n) is 1.69. The summed E-state index contributed by atoms with van der Waals surface area (Å²) in [6.45, 7) is 3.86. The molecule has 0 rings (SSSR count). The van der Waals surface area contributed by atoms with E-state index >= 15 is 0 Å². The number of nitrogens with zero attached hydrogens (tertiary/aromatic N) is 1. The van der Waals surface area contributed by atoms with E-state index in [-0.39, 0.29) is 12.5 Å². The summed E-state index contributed by atoms with van der Waals surface area (Å²) in [7, 11) is 2.95. The van der Waals surface area contributed by atoms with E-state index in [1.54, 1.807) is 0 Å². The van der Waals surface area contributed by atoms with Gasteiger partial charge < -0.3 is 25.4 Å². The van der Waals surface area contributed by atoms with E-state index in [2.05, 4.69) is 10.6 Å². The second-order valence-electron chi connectivity index (χ2n) is 5.02. The molecule has 0 fully saturated rings. The normalized spacial score (nSPS) is 13.1. The average Bonchev–Trinajstić information content (AvgIpc) is 2.38. The zero-order valence-corrected chi connectivity index (χ0v) is 13.1. The number of ether oxygens (including phenoxy) is 1. The van der Waals surface area contributed by atoms with Crippen LogP contribution in [0.5, 0.6) is 0 Å². The Hall–Kier alpha value is -1.83. The molecule has 1 atom stereocenters. The van der Waals surface area contributed by atoms with Crippen LogP contribution in [0.2, 0.25) is 0 Å². The number of carbonyl (C=O) groups is 3. The van der Waals surface area contributed by atoms with Crippen molar-refractivity contribution >= 4 is 17.9 Å². The van der Waals surface area contributed by atoms with Crippen LogP contribution < -0.4 is 10.6 Å². The second-order valence-corrected chi connectivity index (χ2v) is 5.02. The third kappa shape index (κ3) is 6.94. The van der Waals surface area contributed by atoms with Crippen LogP contribution in [0.1, 0.15) is 26.7 Å². The number of amides is 3. The van der Waals surface area contributed by atoms with Crippen LogP contribution in [-0.2, 0) is 14.3 Å². The quantitative estimate of drug-likeness (QED) is 0.521. The van der Waals surface area contributed by atoms with Gasteiger partial charge in [-0.1, -0.05) is 13.3 Å². The Bertz CT molecular complexity index is 375. The first-order valence-corrected chi connectivity index (χ1v) is 6.79. The average molecular weight is 303 g/mol. The predicted octanol–water partition coefficient (Wildman–Crippen LogP) is 0.0338. The summed E-state index contributed by atoms with van der Waals surface area (Å²) in [5.74, 6) is -1.44. The largest absolute Gasteiger partial charge is 0.480 e. The molecular formula is C13H25N3O5. The molecule has 0 aliphatic heterocycles. The highest BCUT2D eigenvalue weighted by Crippen LogP contribution is 2.13. The van der Waals surface area contributed by atoms with Crippen molar-refractivity contribution in [2.45, 2.75) is 32.2 Å². The lowest BCUT2D eigenvalue weighted by Gasteiger charge is -2.28. The van der Waals surface area contributed by atoms with Gasteiger partial charge >= 0.3 is 12.0 Å². The van der Waals surface area contributed by atoms with E-state index < -0.39 is 17.5 Å². The summed E-state index contributed by atoms with van der Waals surface area (Å²) < 4.78 is 4.79. The van der Waals surface area contributed by atoms with Gasteiger partial charge in [0.1, 0.15) is 12.1 Å². The Morgan fingerprint density at radius 3 is 2.43 bits per heavy atom. The highest BCUT2D eigenvalue weighted by molar-refractivity contribution is 5.88. The predicted molar refractivity (Wildman–Crippen MR) is 77.0 cm³/mol. The Balaban J connectivity index is 4.43. The number of nitrogens with one attached hydrogen (secondary N) is 2. The molecule has 0 aromatic heterocycles. The summed E-state index contributed by atoms with van der Waals surface area (Å²) >= 11 is 0. The molecule has 0 bridgehead atoms. The Kier molecular flexibility index (Phi) is 8.37. The summed E-state index contributed by atoms with van der Waals surface area (Å²) in [6.07, 6.45) is 0.923. The number of aliphatic carboxylic acids is 1.